The largest absolute Gasteiger partial charge is 0.495 e. The summed E-state index contributed by atoms with van der Waals surface area (Å²) in [6.07, 6.45) is 1.57. The number of nitrogens with zero attached hydrogens (tertiary/aromatic N) is 1. The molecule has 0 radical (unpaired) electrons. The Hall–Kier alpha value is -4.00. The maximum Gasteiger partial charge on any atom is 0.323 e. The Labute approximate surface area is 193 Å². The van der Waals surface area contributed by atoms with E-state index in [9.17, 15) is 4.79 Å². The van der Waals surface area contributed by atoms with Crippen LogP contribution in [-0.4, -0.2) is 39.6 Å². The maximum atomic E-state index is 12.4. The molecule has 2 N–H and O–H groups in total. The predicted molar refractivity (Wildman–Crippen MR) is 130 cm³/mol. The van der Waals surface area contributed by atoms with Crippen LogP contribution < -0.4 is 24.8 Å². The zero-order valence-electron chi connectivity index (χ0n) is 19.0. The van der Waals surface area contributed by atoms with E-state index >= 15 is 0 Å². The van der Waals surface area contributed by atoms with Gasteiger partial charge in [0.1, 0.15) is 5.75 Å². The molecule has 0 saturated heterocycles. The molecule has 0 unspecified atom stereocenters. The molecule has 4 rings (SSSR count). The van der Waals surface area contributed by atoms with Crippen LogP contribution in [0.2, 0.25) is 0 Å². The van der Waals surface area contributed by atoms with E-state index in [1.165, 1.54) is 5.56 Å². The molecule has 0 saturated carbocycles. The lowest BCUT2D eigenvalue weighted by molar-refractivity contribution is 0.262. The Morgan fingerprint density at radius 2 is 1.58 bits per heavy atom. The second kappa shape index (κ2) is 10.1. The average molecular weight is 446 g/mol. The van der Waals surface area contributed by atoms with Crippen molar-refractivity contribution in [2.45, 2.75) is 12.8 Å². The molecule has 3 aromatic carbocycles. The Morgan fingerprint density at radius 1 is 0.879 bits per heavy atom. The molecule has 7 heteroatoms. The summed E-state index contributed by atoms with van der Waals surface area (Å²) >= 11 is 0. The van der Waals surface area contributed by atoms with Gasteiger partial charge in [-0.3, -0.25) is 4.99 Å². The first kappa shape index (κ1) is 22.2. The van der Waals surface area contributed by atoms with Crippen molar-refractivity contribution in [2.24, 2.45) is 4.99 Å². The average Bonchev–Trinajstić information content (AvgIpc) is 2.84. The van der Waals surface area contributed by atoms with Gasteiger partial charge in [-0.1, -0.05) is 24.3 Å². The SMILES string of the molecule is COc1ccccc1NC(=O)Nc1ccc(CC2=NCCc3cc(OC)c(OC)cc32)cc1. The Morgan fingerprint density at radius 3 is 2.30 bits per heavy atom. The van der Waals surface area contributed by atoms with Crippen molar-refractivity contribution in [1.29, 1.82) is 0 Å². The van der Waals surface area contributed by atoms with E-state index in [-0.39, 0.29) is 6.03 Å². The number of methoxy groups -OCH3 is 3. The van der Waals surface area contributed by atoms with E-state index in [1.54, 1.807) is 33.5 Å². The number of fused-ring (bicyclic) bond motifs is 1. The van der Waals surface area contributed by atoms with Crippen molar-refractivity contribution in [3.63, 3.8) is 0 Å². The molecule has 0 aliphatic carbocycles. The number of hydrogen-bond acceptors (Lipinski definition) is 5. The summed E-state index contributed by atoms with van der Waals surface area (Å²) in [6.45, 7) is 0.751. The molecule has 2 amide bonds. The van der Waals surface area contributed by atoms with Crippen LogP contribution in [0.4, 0.5) is 16.2 Å². The molecule has 1 heterocycles. The van der Waals surface area contributed by atoms with Crippen LogP contribution in [0.25, 0.3) is 0 Å². The van der Waals surface area contributed by atoms with Gasteiger partial charge >= 0.3 is 6.03 Å². The molecule has 0 fully saturated rings. The number of amides is 2. The first-order valence-electron chi connectivity index (χ1n) is 10.7. The Bertz CT molecular complexity index is 1170. The monoisotopic (exact) mass is 445 g/mol. The molecule has 170 valence electrons. The minimum absolute atomic E-state index is 0.334. The molecule has 0 aromatic heterocycles. The molecule has 0 spiro atoms. The van der Waals surface area contributed by atoms with Crippen molar-refractivity contribution in [2.75, 3.05) is 38.5 Å². The predicted octanol–water partition coefficient (Wildman–Crippen LogP) is 4.94. The molecule has 0 atom stereocenters. The summed E-state index contributed by atoms with van der Waals surface area (Å²) < 4.78 is 16.2. The minimum Gasteiger partial charge on any atom is -0.495 e. The van der Waals surface area contributed by atoms with Crippen LogP contribution in [0.15, 0.2) is 65.7 Å². The van der Waals surface area contributed by atoms with Crippen LogP contribution in [-0.2, 0) is 12.8 Å². The van der Waals surface area contributed by atoms with Crippen LogP contribution in [0.1, 0.15) is 16.7 Å². The molecule has 1 aliphatic rings. The Balaban J connectivity index is 1.43. The van der Waals surface area contributed by atoms with Gasteiger partial charge in [0.2, 0.25) is 0 Å². The normalized spacial score (nSPS) is 12.3. The quantitative estimate of drug-likeness (QED) is 0.540. The van der Waals surface area contributed by atoms with Gasteiger partial charge in [-0.25, -0.2) is 4.79 Å². The van der Waals surface area contributed by atoms with E-state index in [4.69, 9.17) is 19.2 Å². The summed E-state index contributed by atoms with van der Waals surface area (Å²) in [7, 11) is 4.85. The summed E-state index contributed by atoms with van der Waals surface area (Å²) in [5.41, 5.74) is 5.74. The lowest BCUT2D eigenvalue weighted by atomic mass is 9.93. The van der Waals surface area contributed by atoms with Gasteiger partial charge in [0.05, 0.1) is 27.0 Å². The zero-order valence-corrected chi connectivity index (χ0v) is 19.0. The number of urea groups is 1. The van der Waals surface area contributed by atoms with Crippen molar-refractivity contribution < 1.29 is 19.0 Å². The van der Waals surface area contributed by atoms with Crippen LogP contribution in [0.5, 0.6) is 17.2 Å². The highest BCUT2D eigenvalue weighted by Gasteiger charge is 2.19. The summed E-state index contributed by atoms with van der Waals surface area (Å²) in [6, 6.07) is 18.7. The molecule has 3 aromatic rings. The van der Waals surface area contributed by atoms with E-state index in [2.05, 4.69) is 10.6 Å². The van der Waals surface area contributed by atoms with E-state index in [1.807, 2.05) is 48.5 Å². The molecular formula is C26H27N3O4. The smallest absolute Gasteiger partial charge is 0.323 e. The van der Waals surface area contributed by atoms with Gasteiger partial charge < -0.3 is 24.8 Å². The molecule has 7 nitrogen and oxygen atoms in total. The number of ether oxygens (including phenoxy) is 3. The van der Waals surface area contributed by atoms with Crippen LogP contribution in [0, 0.1) is 0 Å². The number of hydrogen-bond donors (Lipinski definition) is 2. The van der Waals surface area contributed by atoms with Crippen molar-refractivity contribution in [1.82, 2.24) is 0 Å². The number of benzene rings is 3. The fraction of sp³-hybridized carbons (Fsp3) is 0.231. The number of carbonyl (C=O) groups excluding carboxylic acids is 1. The molecule has 0 bridgehead atoms. The third kappa shape index (κ3) is 5.09. The van der Waals surface area contributed by atoms with E-state index < -0.39 is 0 Å². The van der Waals surface area contributed by atoms with Crippen molar-refractivity contribution in [3.05, 3.63) is 77.4 Å². The maximum absolute atomic E-state index is 12.4. The standard InChI is InChI=1S/C26H27N3O4/c1-31-23-7-5-4-6-21(23)29-26(30)28-19-10-8-17(9-11-19)14-22-20-16-25(33-3)24(32-2)15-18(20)12-13-27-22/h4-11,15-16H,12-14H2,1-3H3,(H2,28,29,30). The highest BCUT2D eigenvalue weighted by atomic mass is 16.5. The van der Waals surface area contributed by atoms with Gasteiger partial charge in [-0.15, -0.1) is 0 Å². The van der Waals surface area contributed by atoms with Crippen molar-refractivity contribution in [3.8, 4) is 17.2 Å². The van der Waals surface area contributed by atoms with Gasteiger partial charge in [0.25, 0.3) is 0 Å². The molecule has 33 heavy (non-hydrogen) atoms. The number of aliphatic imine (C=N–C) groups is 1. The molecular weight excluding hydrogens is 418 g/mol. The third-order valence-electron chi connectivity index (χ3n) is 5.54. The van der Waals surface area contributed by atoms with Gasteiger partial charge in [0, 0.05) is 29.9 Å². The second-order valence-electron chi connectivity index (χ2n) is 7.60. The first-order valence-corrected chi connectivity index (χ1v) is 10.7. The Kier molecular flexibility index (Phi) is 6.78. The molecule has 1 aliphatic heterocycles. The number of rotatable bonds is 7. The highest BCUT2D eigenvalue weighted by Crippen LogP contribution is 2.33. The summed E-state index contributed by atoms with van der Waals surface area (Å²) in [4.78, 5) is 17.1. The van der Waals surface area contributed by atoms with Gasteiger partial charge in [-0.2, -0.15) is 0 Å². The fourth-order valence-corrected chi connectivity index (χ4v) is 3.88. The summed E-state index contributed by atoms with van der Waals surface area (Å²) in [5.74, 6) is 2.04. The lowest BCUT2D eigenvalue weighted by Crippen LogP contribution is -2.20. The minimum atomic E-state index is -0.334. The fourth-order valence-electron chi connectivity index (χ4n) is 3.88. The topological polar surface area (TPSA) is 81.2 Å². The first-order chi connectivity index (χ1) is 16.1. The number of nitrogens with one attached hydrogen (secondary N) is 2. The third-order valence-corrected chi connectivity index (χ3v) is 5.54. The van der Waals surface area contributed by atoms with Gasteiger partial charge in [0.15, 0.2) is 11.5 Å². The lowest BCUT2D eigenvalue weighted by Gasteiger charge is -2.20. The van der Waals surface area contributed by atoms with Crippen molar-refractivity contribution >= 4 is 23.1 Å². The second-order valence-corrected chi connectivity index (χ2v) is 7.60. The number of carbonyl (C=O) groups is 1. The van der Waals surface area contributed by atoms with Gasteiger partial charge in [-0.05, 0) is 53.9 Å². The van der Waals surface area contributed by atoms with E-state index in [0.29, 0.717) is 29.3 Å². The van der Waals surface area contributed by atoms with E-state index in [0.717, 1.165) is 35.6 Å². The number of anilines is 2. The van der Waals surface area contributed by atoms with Crippen LogP contribution in [0.3, 0.4) is 0 Å². The number of para-hydroxylation sites is 2. The van der Waals surface area contributed by atoms with Crippen LogP contribution >= 0.6 is 0 Å². The highest BCUT2D eigenvalue weighted by molar-refractivity contribution is 6.04. The summed E-state index contributed by atoms with van der Waals surface area (Å²) in [5, 5.41) is 5.65. The zero-order chi connectivity index (χ0) is 23.2.